The van der Waals surface area contributed by atoms with E-state index in [1.807, 2.05) is 6.07 Å². The minimum atomic E-state index is 0.318. The molecule has 0 aromatic carbocycles. The maximum atomic E-state index is 5.81. The van der Waals surface area contributed by atoms with Gasteiger partial charge in [-0.25, -0.2) is 9.97 Å². The van der Waals surface area contributed by atoms with Gasteiger partial charge < -0.3 is 10.5 Å². The van der Waals surface area contributed by atoms with Crippen molar-refractivity contribution in [1.82, 2.24) is 9.97 Å². The van der Waals surface area contributed by atoms with Crippen LogP contribution < -0.4 is 5.73 Å². The molecule has 1 aromatic heterocycles. The van der Waals surface area contributed by atoms with Crippen LogP contribution in [0.3, 0.4) is 0 Å². The normalized spacial score (nSPS) is 28.3. The molecule has 1 saturated heterocycles. The van der Waals surface area contributed by atoms with Gasteiger partial charge in [-0.2, -0.15) is 0 Å². The van der Waals surface area contributed by atoms with Crippen LogP contribution in [0.25, 0.3) is 0 Å². The number of ether oxygens (including phenoxy) is 1. The van der Waals surface area contributed by atoms with Crippen LogP contribution >= 0.6 is 11.8 Å². The molecular formula is C13H21N3OS. The average Bonchev–Trinajstić information content (AvgIpc) is 2.26. The van der Waals surface area contributed by atoms with E-state index in [0.717, 1.165) is 30.1 Å². The minimum absolute atomic E-state index is 0.318. The van der Waals surface area contributed by atoms with E-state index in [-0.39, 0.29) is 0 Å². The van der Waals surface area contributed by atoms with Gasteiger partial charge in [0.1, 0.15) is 5.82 Å². The molecule has 18 heavy (non-hydrogen) atoms. The van der Waals surface area contributed by atoms with Gasteiger partial charge in [-0.15, -0.1) is 0 Å². The van der Waals surface area contributed by atoms with Crippen molar-refractivity contribution in [3.05, 3.63) is 11.8 Å². The predicted molar refractivity (Wildman–Crippen MR) is 74.7 cm³/mol. The Kier molecular flexibility index (Phi) is 4.45. The second-order valence-electron chi connectivity index (χ2n) is 4.89. The van der Waals surface area contributed by atoms with Crippen molar-refractivity contribution in [2.24, 2.45) is 0 Å². The number of aromatic nitrogens is 2. The van der Waals surface area contributed by atoms with Gasteiger partial charge >= 0.3 is 0 Å². The second-order valence-corrected chi connectivity index (χ2v) is 6.16. The fourth-order valence-electron chi connectivity index (χ4n) is 2.32. The highest BCUT2D eigenvalue weighted by atomic mass is 32.2. The van der Waals surface area contributed by atoms with Crippen LogP contribution in [0.2, 0.25) is 0 Å². The van der Waals surface area contributed by atoms with Gasteiger partial charge in [0.25, 0.3) is 0 Å². The number of hydrogen-bond donors (Lipinski definition) is 1. The lowest BCUT2D eigenvalue weighted by Gasteiger charge is -2.31. The summed E-state index contributed by atoms with van der Waals surface area (Å²) in [5, 5.41) is 1.33. The number of rotatable bonds is 3. The van der Waals surface area contributed by atoms with E-state index in [4.69, 9.17) is 10.5 Å². The summed E-state index contributed by atoms with van der Waals surface area (Å²) < 4.78 is 5.74. The molecule has 0 aliphatic carbocycles. The van der Waals surface area contributed by atoms with Crippen LogP contribution in [0.4, 0.5) is 5.82 Å². The molecule has 0 bridgehead atoms. The van der Waals surface area contributed by atoms with E-state index in [1.165, 1.54) is 0 Å². The summed E-state index contributed by atoms with van der Waals surface area (Å²) in [7, 11) is 0. The lowest BCUT2D eigenvalue weighted by molar-refractivity contribution is -0.0265. The zero-order valence-electron chi connectivity index (χ0n) is 11.2. The highest BCUT2D eigenvalue weighted by Crippen LogP contribution is 2.32. The summed E-state index contributed by atoms with van der Waals surface area (Å²) in [6.07, 6.45) is 3.63. The van der Waals surface area contributed by atoms with Gasteiger partial charge in [-0.05, 0) is 33.1 Å². The summed E-state index contributed by atoms with van der Waals surface area (Å²) in [4.78, 5) is 8.84. The van der Waals surface area contributed by atoms with E-state index in [1.54, 1.807) is 11.8 Å². The topological polar surface area (TPSA) is 61.0 Å². The number of nitrogen functional groups attached to an aromatic ring is 1. The van der Waals surface area contributed by atoms with Crippen LogP contribution in [0.15, 0.2) is 11.2 Å². The Bertz CT molecular complexity index is 403. The number of aryl methyl sites for hydroxylation is 1. The van der Waals surface area contributed by atoms with Gasteiger partial charge in [0.2, 0.25) is 0 Å². The number of hydrogen-bond acceptors (Lipinski definition) is 5. The molecule has 0 amide bonds. The van der Waals surface area contributed by atoms with Gasteiger partial charge in [-0.1, -0.05) is 18.7 Å². The van der Waals surface area contributed by atoms with Crippen molar-refractivity contribution < 1.29 is 4.74 Å². The molecule has 1 fully saturated rings. The van der Waals surface area contributed by atoms with Gasteiger partial charge in [0, 0.05) is 17.0 Å². The van der Waals surface area contributed by atoms with Crippen molar-refractivity contribution in [3.8, 4) is 0 Å². The number of nitrogens with two attached hydrogens (primary N) is 1. The van der Waals surface area contributed by atoms with E-state index in [0.29, 0.717) is 23.3 Å². The SMILES string of the molecule is CCc1cc(N)nc(SC2C[C@@H](C)O[C@@H](C)C2)n1. The molecule has 0 spiro atoms. The van der Waals surface area contributed by atoms with Crippen LogP contribution in [-0.2, 0) is 11.2 Å². The fraction of sp³-hybridized carbons (Fsp3) is 0.692. The summed E-state index contributed by atoms with van der Waals surface area (Å²) in [5.74, 6) is 0.567. The molecule has 5 heteroatoms. The molecule has 2 N–H and O–H groups in total. The summed E-state index contributed by atoms with van der Waals surface area (Å²) in [6, 6.07) is 1.85. The Balaban J connectivity index is 2.06. The molecule has 1 unspecified atom stereocenters. The number of anilines is 1. The molecule has 0 saturated carbocycles. The first kappa shape index (κ1) is 13.6. The van der Waals surface area contributed by atoms with Crippen molar-refractivity contribution in [2.45, 2.75) is 62.6 Å². The Hall–Kier alpha value is -0.810. The lowest BCUT2D eigenvalue weighted by atomic mass is 10.1. The molecule has 2 heterocycles. The Morgan fingerprint density at radius 1 is 1.33 bits per heavy atom. The monoisotopic (exact) mass is 267 g/mol. The van der Waals surface area contributed by atoms with Crippen LogP contribution in [0.5, 0.6) is 0 Å². The maximum Gasteiger partial charge on any atom is 0.190 e. The van der Waals surface area contributed by atoms with E-state index in [2.05, 4.69) is 30.7 Å². The first-order chi connectivity index (χ1) is 8.56. The van der Waals surface area contributed by atoms with Gasteiger partial charge in [0.15, 0.2) is 5.16 Å². The molecular weight excluding hydrogens is 246 g/mol. The molecule has 100 valence electrons. The zero-order chi connectivity index (χ0) is 13.1. The van der Waals surface area contributed by atoms with Crippen LogP contribution in [0, 0.1) is 0 Å². The van der Waals surface area contributed by atoms with Crippen molar-refractivity contribution in [1.29, 1.82) is 0 Å². The van der Waals surface area contributed by atoms with Crippen LogP contribution in [-0.4, -0.2) is 27.4 Å². The summed E-state index contributed by atoms with van der Waals surface area (Å²) in [6.45, 7) is 6.33. The Morgan fingerprint density at radius 3 is 2.61 bits per heavy atom. The van der Waals surface area contributed by atoms with E-state index < -0.39 is 0 Å². The molecule has 4 nitrogen and oxygen atoms in total. The second kappa shape index (κ2) is 5.89. The number of thioether (sulfide) groups is 1. The molecule has 1 aromatic rings. The Labute approximate surface area is 113 Å². The zero-order valence-corrected chi connectivity index (χ0v) is 12.0. The summed E-state index contributed by atoms with van der Waals surface area (Å²) in [5.41, 5.74) is 6.82. The molecule has 2 rings (SSSR count). The Morgan fingerprint density at radius 2 is 2.00 bits per heavy atom. The van der Waals surface area contributed by atoms with Gasteiger partial charge in [0.05, 0.1) is 12.2 Å². The molecule has 3 atom stereocenters. The highest BCUT2D eigenvalue weighted by Gasteiger charge is 2.26. The fourth-order valence-corrected chi connectivity index (χ4v) is 3.68. The molecule has 1 aliphatic heterocycles. The smallest absolute Gasteiger partial charge is 0.190 e. The first-order valence-electron chi connectivity index (χ1n) is 6.52. The van der Waals surface area contributed by atoms with Crippen molar-refractivity contribution in [3.63, 3.8) is 0 Å². The van der Waals surface area contributed by atoms with E-state index in [9.17, 15) is 0 Å². The average molecular weight is 267 g/mol. The quantitative estimate of drug-likeness (QED) is 0.853. The van der Waals surface area contributed by atoms with Crippen molar-refractivity contribution in [2.75, 3.05) is 5.73 Å². The minimum Gasteiger partial charge on any atom is -0.384 e. The molecule has 0 radical (unpaired) electrons. The van der Waals surface area contributed by atoms with Gasteiger partial charge in [-0.3, -0.25) is 0 Å². The highest BCUT2D eigenvalue weighted by molar-refractivity contribution is 7.99. The standard InChI is InChI=1S/C13H21N3OS/c1-4-10-7-12(14)16-13(15-10)18-11-5-8(2)17-9(3)6-11/h7-9,11H,4-6H2,1-3H3,(H2,14,15,16)/t8-,9+,11?. The summed E-state index contributed by atoms with van der Waals surface area (Å²) >= 11 is 1.73. The largest absolute Gasteiger partial charge is 0.384 e. The van der Waals surface area contributed by atoms with Crippen LogP contribution in [0.1, 0.15) is 39.3 Å². The maximum absolute atomic E-state index is 5.81. The lowest BCUT2D eigenvalue weighted by Crippen LogP contribution is -2.30. The molecule has 1 aliphatic rings. The predicted octanol–water partition coefficient (Wildman–Crippen LogP) is 2.67. The third-order valence-electron chi connectivity index (χ3n) is 3.07. The van der Waals surface area contributed by atoms with Crippen molar-refractivity contribution >= 4 is 17.6 Å². The third-order valence-corrected chi connectivity index (χ3v) is 4.18. The third kappa shape index (κ3) is 3.59. The van der Waals surface area contributed by atoms with E-state index >= 15 is 0 Å². The first-order valence-corrected chi connectivity index (χ1v) is 7.40. The number of nitrogens with zero attached hydrogens (tertiary/aromatic N) is 2.